The van der Waals surface area contributed by atoms with Crippen LogP contribution in [-0.2, 0) is 11.4 Å². The maximum atomic E-state index is 12.7. The summed E-state index contributed by atoms with van der Waals surface area (Å²) in [7, 11) is 0. The third-order valence-electron chi connectivity index (χ3n) is 5.67. The first-order chi connectivity index (χ1) is 16.1. The van der Waals surface area contributed by atoms with Crippen molar-refractivity contribution in [1.82, 2.24) is 4.90 Å². The van der Waals surface area contributed by atoms with Crippen molar-refractivity contribution in [3.05, 3.63) is 89.5 Å². The predicted octanol–water partition coefficient (Wildman–Crippen LogP) is 4.83. The molecule has 0 aromatic heterocycles. The molecule has 1 fully saturated rings. The molecule has 33 heavy (non-hydrogen) atoms. The second-order valence-electron chi connectivity index (χ2n) is 8.06. The minimum absolute atomic E-state index is 0.0203. The summed E-state index contributed by atoms with van der Waals surface area (Å²) in [6.45, 7) is 3.79. The highest BCUT2D eigenvalue weighted by molar-refractivity contribution is 5.99. The van der Waals surface area contributed by atoms with Crippen LogP contribution in [0.25, 0.3) is 0 Å². The van der Waals surface area contributed by atoms with Gasteiger partial charge in [-0.1, -0.05) is 36.4 Å². The van der Waals surface area contributed by atoms with Crippen molar-refractivity contribution >= 4 is 17.5 Å². The lowest BCUT2D eigenvalue weighted by molar-refractivity contribution is -0.118. The number of amides is 2. The normalized spacial score (nSPS) is 12.9. The molecular formula is C27H28N2O4. The molecule has 1 heterocycles. The molecule has 4 rings (SSSR count). The van der Waals surface area contributed by atoms with Crippen molar-refractivity contribution in [2.75, 3.05) is 25.0 Å². The van der Waals surface area contributed by atoms with Crippen LogP contribution in [-0.4, -0.2) is 36.4 Å². The molecule has 1 N–H and O–H groups in total. The Bertz CT molecular complexity index is 1090. The maximum Gasteiger partial charge on any atom is 0.262 e. The van der Waals surface area contributed by atoms with Crippen LogP contribution in [0.4, 0.5) is 5.69 Å². The molecule has 0 unspecified atom stereocenters. The van der Waals surface area contributed by atoms with Crippen LogP contribution in [0.1, 0.15) is 34.3 Å². The number of nitrogens with one attached hydrogen (secondary N) is 1. The smallest absolute Gasteiger partial charge is 0.262 e. The van der Waals surface area contributed by atoms with Gasteiger partial charge in [-0.3, -0.25) is 9.59 Å². The zero-order chi connectivity index (χ0) is 23.0. The Labute approximate surface area is 194 Å². The Balaban J connectivity index is 1.28. The van der Waals surface area contributed by atoms with Gasteiger partial charge in [0.2, 0.25) is 0 Å². The van der Waals surface area contributed by atoms with E-state index in [4.69, 9.17) is 9.47 Å². The minimum Gasteiger partial charge on any atom is -0.489 e. The van der Waals surface area contributed by atoms with E-state index in [9.17, 15) is 9.59 Å². The number of carbonyl (C=O) groups excluding carboxylic acids is 2. The van der Waals surface area contributed by atoms with E-state index in [-0.39, 0.29) is 18.4 Å². The Morgan fingerprint density at radius 1 is 0.848 bits per heavy atom. The van der Waals surface area contributed by atoms with Crippen LogP contribution in [0, 0.1) is 6.92 Å². The molecule has 0 saturated carbocycles. The van der Waals surface area contributed by atoms with Gasteiger partial charge in [0.1, 0.15) is 18.1 Å². The highest BCUT2D eigenvalue weighted by Gasteiger charge is 2.22. The molecule has 1 aliphatic heterocycles. The minimum atomic E-state index is -0.284. The van der Waals surface area contributed by atoms with Gasteiger partial charge in [0.15, 0.2) is 6.61 Å². The third-order valence-corrected chi connectivity index (χ3v) is 5.67. The fourth-order valence-electron chi connectivity index (χ4n) is 3.80. The molecule has 1 saturated heterocycles. The first-order valence-corrected chi connectivity index (χ1v) is 11.2. The molecule has 0 radical (unpaired) electrons. The predicted molar refractivity (Wildman–Crippen MR) is 128 cm³/mol. The van der Waals surface area contributed by atoms with E-state index in [1.807, 2.05) is 60.4 Å². The number of benzene rings is 3. The average Bonchev–Trinajstić information content (AvgIpc) is 3.39. The van der Waals surface area contributed by atoms with Crippen molar-refractivity contribution in [2.45, 2.75) is 26.4 Å². The average molecular weight is 445 g/mol. The Morgan fingerprint density at radius 3 is 2.21 bits per heavy atom. The molecule has 170 valence electrons. The van der Waals surface area contributed by atoms with Crippen LogP contribution in [0.3, 0.4) is 0 Å². The summed E-state index contributed by atoms with van der Waals surface area (Å²) in [5.41, 5.74) is 3.11. The van der Waals surface area contributed by atoms with Gasteiger partial charge in [-0.15, -0.1) is 0 Å². The summed E-state index contributed by atoms with van der Waals surface area (Å²) in [5, 5.41) is 2.86. The van der Waals surface area contributed by atoms with E-state index in [1.54, 1.807) is 24.3 Å². The number of likely N-dealkylation sites (tertiary alicyclic amines) is 1. The van der Waals surface area contributed by atoms with Gasteiger partial charge in [-0.2, -0.15) is 0 Å². The van der Waals surface area contributed by atoms with Gasteiger partial charge in [-0.25, -0.2) is 0 Å². The van der Waals surface area contributed by atoms with Crippen LogP contribution >= 0.6 is 0 Å². The monoisotopic (exact) mass is 444 g/mol. The second-order valence-corrected chi connectivity index (χ2v) is 8.06. The summed E-state index contributed by atoms with van der Waals surface area (Å²) in [6, 6.07) is 22.5. The SMILES string of the molecule is Cc1c(NC(=O)COc2ccc(OCc3ccccc3)cc2)cccc1C(=O)N1CCCC1. The maximum absolute atomic E-state index is 12.7. The molecule has 1 aliphatic rings. The molecule has 6 nitrogen and oxygen atoms in total. The second kappa shape index (κ2) is 10.7. The highest BCUT2D eigenvalue weighted by Crippen LogP contribution is 2.23. The molecular weight excluding hydrogens is 416 g/mol. The molecule has 0 aliphatic carbocycles. The van der Waals surface area contributed by atoms with Crippen molar-refractivity contribution in [1.29, 1.82) is 0 Å². The Morgan fingerprint density at radius 2 is 1.52 bits per heavy atom. The lowest BCUT2D eigenvalue weighted by atomic mass is 10.1. The quantitative estimate of drug-likeness (QED) is 0.541. The van der Waals surface area contributed by atoms with Crippen molar-refractivity contribution in [3.8, 4) is 11.5 Å². The van der Waals surface area contributed by atoms with Crippen LogP contribution in [0.2, 0.25) is 0 Å². The summed E-state index contributed by atoms with van der Waals surface area (Å²) < 4.78 is 11.4. The number of hydrogen-bond donors (Lipinski definition) is 1. The van der Waals surface area contributed by atoms with Gasteiger partial charge in [0.05, 0.1) is 0 Å². The van der Waals surface area contributed by atoms with Crippen LogP contribution in [0.15, 0.2) is 72.8 Å². The van der Waals surface area contributed by atoms with E-state index >= 15 is 0 Å². The van der Waals surface area contributed by atoms with Crippen LogP contribution < -0.4 is 14.8 Å². The van der Waals surface area contributed by atoms with Gasteiger partial charge in [-0.05, 0) is 67.3 Å². The number of anilines is 1. The molecule has 0 bridgehead atoms. The molecule has 2 amide bonds. The third kappa shape index (κ3) is 5.92. The fourth-order valence-corrected chi connectivity index (χ4v) is 3.80. The number of rotatable bonds is 8. The summed E-state index contributed by atoms with van der Waals surface area (Å²) in [4.78, 5) is 27.1. The first kappa shape index (κ1) is 22.4. The first-order valence-electron chi connectivity index (χ1n) is 11.2. The molecule has 0 atom stereocenters. The largest absolute Gasteiger partial charge is 0.489 e. The summed E-state index contributed by atoms with van der Waals surface area (Å²) in [6.07, 6.45) is 2.08. The van der Waals surface area contributed by atoms with Gasteiger partial charge in [0.25, 0.3) is 11.8 Å². The van der Waals surface area contributed by atoms with E-state index in [1.165, 1.54) is 0 Å². The van der Waals surface area contributed by atoms with E-state index in [0.29, 0.717) is 23.6 Å². The van der Waals surface area contributed by atoms with Gasteiger partial charge >= 0.3 is 0 Å². The molecule has 3 aromatic rings. The van der Waals surface area contributed by atoms with Crippen molar-refractivity contribution in [2.24, 2.45) is 0 Å². The number of hydrogen-bond acceptors (Lipinski definition) is 4. The topological polar surface area (TPSA) is 67.9 Å². The number of carbonyl (C=O) groups is 2. The van der Waals surface area contributed by atoms with E-state index < -0.39 is 0 Å². The zero-order valence-electron chi connectivity index (χ0n) is 18.8. The van der Waals surface area contributed by atoms with Crippen molar-refractivity contribution in [3.63, 3.8) is 0 Å². The van der Waals surface area contributed by atoms with E-state index in [2.05, 4.69) is 5.32 Å². The number of ether oxygens (including phenoxy) is 2. The standard InChI is InChI=1S/C27H28N2O4/c1-20-24(27(31)29-16-5-6-17-29)10-7-11-25(20)28-26(30)19-33-23-14-12-22(13-15-23)32-18-21-8-3-2-4-9-21/h2-4,7-15H,5-6,16-19H2,1H3,(H,28,30). The van der Waals surface area contributed by atoms with Gasteiger partial charge in [0, 0.05) is 24.3 Å². The lowest BCUT2D eigenvalue weighted by Crippen LogP contribution is -2.28. The van der Waals surface area contributed by atoms with E-state index in [0.717, 1.165) is 42.8 Å². The zero-order valence-corrected chi connectivity index (χ0v) is 18.8. The highest BCUT2D eigenvalue weighted by atomic mass is 16.5. The lowest BCUT2D eigenvalue weighted by Gasteiger charge is -2.18. The molecule has 3 aromatic carbocycles. The van der Waals surface area contributed by atoms with Gasteiger partial charge < -0.3 is 19.7 Å². The number of nitrogens with zero attached hydrogens (tertiary/aromatic N) is 1. The molecule has 6 heteroatoms. The summed E-state index contributed by atoms with van der Waals surface area (Å²) >= 11 is 0. The Hall–Kier alpha value is -3.80. The summed E-state index contributed by atoms with van der Waals surface area (Å²) in [5.74, 6) is 1.04. The van der Waals surface area contributed by atoms with Crippen LogP contribution in [0.5, 0.6) is 11.5 Å². The Kier molecular flexibility index (Phi) is 7.25. The molecule has 0 spiro atoms. The van der Waals surface area contributed by atoms with Crippen molar-refractivity contribution < 1.29 is 19.1 Å². The fraction of sp³-hybridized carbons (Fsp3) is 0.259.